The predicted octanol–water partition coefficient (Wildman–Crippen LogP) is -0.183. The number of rotatable bonds is 2. The fraction of sp³-hybridized carbons (Fsp3) is 0.800. The maximum Gasteiger partial charge on any atom is 0.404 e. The molecule has 0 aliphatic heterocycles. The third-order valence-corrected chi connectivity index (χ3v) is 1.04. The van der Waals surface area contributed by atoms with Gasteiger partial charge < -0.3 is 16.2 Å². The minimum absolute atomic E-state index is 0.169. The zero-order valence-corrected chi connectivity index (χ0v) is 5.63. The van der Waals surface area contributed by atoms with E-state index < -0.39 is 6.09 Å². The van der Waals surface area contributed by atoms with Crippen LogP contribution in [0.25, 0.3) is 0 Å². The molecule has 1 amide bonds. The van der Waals surface area contributed by atoms with Gasteiger partial charge >= 0.3 is 6.09 Å². The Morgan fingerprint density at radius 3 is 2.11 bits per heavy atom. The van der Waals surface area contributed by atoms with E-state index in [-0.39, 0.29) is 12.1 Å². The van der Waals surface area contributed by atoms with Gasteiger partial charge in [0.2, 0.25) is 0 Å². The molecule has 0 saturated heterocycles. The van der Waals surface area contributed by atoms with Gasteiger partial charge in [-0.1, -0.05) is 0 Å². The molecule has 0 heterocycles. The summed E-state index contributed by atoms with van der Waals surface area (Å²) < 4.78 is 4.53. The highest BCUT2D eigenvalue weighted by Gasteiger charge is 2.09. The summed E-state index contributed by atoms with van der Waals surface area (Å²) in [5, 5.41) is 0. The summed E-state index contributed by atoms with van der Waals surface area (Å²) in [6.07, 6.45) is -1.08. The van der Waals surface area contributed by atoms with Gasteiger partial charge in [-0.3, -0.25) is 0 Å². The quantitative estimate of drug-likeness (QED) is 0.547. The molecule has 0 aromatic carbocycles. The molecule has 0 aromatic rings. The molecule has 2 atom stereocenters. The van der Waals surface area contributed by atoms with E-state index in [9.17, 15) is 4.79 Å². The first-order chi connectivity index (χ1) is 4.04. The Kier molecular flexibility index (Phi) is 3.01. The van der Waals surface area contributed by atoms with Crippen molar-refractivity contribution < 1.29 is 9.53 Å². The lowest BCUT2D eigenvalue weighted by Crippen LogP contribution is -2.34. The van der Waals surface area contributed by atoms with Crippen molar-refractivity contribution in [1.82, 2.24) is 0 Å². The Hall–Kier alpha value is -0.770. The summed E-state index contributed by atoms with van der Waals surface area (Å²) in [5.74, 6) is 0. The van der Waals surface area contributed by atoms with Gasteiger partial charge in [0.25, 0.3) is 0 Å². The molecule has 0 saturated carbocycles. The maximum atomic E-state index is 10.1. The highest BCUT2D eigenvalue weighted by Crippen LogP contribution is 1.93. The van der Waals surface area contributed by atoms with Crippen LogP contribution in [0.3, 0.4) is 0 Å². The van der Waals surface area contributed by atoms with E-state index in [0.29, 0.717) is 0 Å². The van der Waals surface area contributed by atoms with Crippen molar-refractivity contribution in [2.24, 2.45) is 11.5 Å². The summed E-state index contributed by atoms with van der Waals surface area (Å²) in [6.45, 7) is 3.43. The molecule has 0 aromatic heterocycles. The van der Waals surface area contributed by atoms with E-state index >= 15 is 0 Å². The second kappa shape index (κ2) is 3.29. The number of amides is 1. The van der Waals surface area contributed by atoms with Gasteiger partial charge in [-0.25, -0.2) is 4.79 Å². The Labute approximate surface area is 54.2 Å². The van der Waals surface area contributed by atoms with Gasteiger partial charge in [0.1, 0.15) is 6.10 Å². The first-order valence-electron chi connectivity index (χ1n) is 2.75. The molecule has 54 valence electrons. The Morgan fingerprint density at radius 2 is 2.00 bits per heavy atom. The summed E-state index contributed by atoms with van der Waals surface area (Å²) >= 11 is 0. The van der Waals surface area contributed by atoms with Crippen LogP contribution in [0.15, 0.2) is 0 Å². The molecule has 0 rings (SSSR count). The van der Waals surface area contributed by atoms with E-state index in [4.69, 9.17) is 11.5 Å². The highest BCUT2D eigenvalue weighted by atomic mass is 16.6. The number of hydrogen-bond acceptors (Lipinski definition) is 3. The molecule has 0 radical (unpaired) electrons. The lowest BCUT2D eigenvalue weighted by atomic mass is 10.2. The lowest BCUT2D eigenvalue weighted by Gasteiger charge is -2.13. The molecule has 0 bridgehead atoms. The summed E-state index contributed by atoms with van der Waals surface area (Å²) in [5.41, 5.74) is 10.1. The van der Waals surface area contributed by atoms with Crippen LogP contribution >= 0.6 is 0 Å². The van der Waals surface area contributed by atoms with Crippen LogP contribution in [0.2, 0.25) is 0 Å². The van der Waals surface area contributed by atoms with Crippen LogP contribution in [0.5, 0.6) is 0 Å². The smallest absolute Gasteiger partial charge is 0.404 e. The van der Waals surface area contributed by atoms with Crippen molar-refractivity contribution in [3.05, 3.63) is 0 Å². The van der Waals surface area contributed by atoms with Crippen molar-refractivity contribution in [3.8, 4) is 0 Å². The largest absolute Gasteiger partial charge is 0.445 e. The van der Waals surface area contributed by atoms with Crippen LogP contribution in [-0.2, 0) is 4.74 Å². The molecule has 0 unspecified atom stereocenters. The summed E-state index contributed by atoms with van der Waals surface area (Å²) in [6, 6.07) is -0.169. The molecule has 0 aliphatic carbocycles. The van der Waals surface area contributed by atoms with Crippen molar-refractivity contribution in [1.29, 1.82) is 0 Å². The van der Waals surface area contributed by atoms with E-state index in [2.05, 4.69) is 4.74 Å². The van der Waals surface area contributed by atoms with Crippen molar-refractivity contribution >= 4 is 6.09 Å². The Balaban J connectivity index is 3.50. The molecule has 4 nitrogen and oxygen atoms in total. The van der Waals surface area contributed by atoms with Gasteiger partial charge in [0.05, 0.1) is 0 Å². The number of ether oxygens (including phenoxy) is 1. The SMILES string of the molecule is C[C@H](N)[C@H](C)OC(N)=O. The normalized spacial score (nSPS) is 16.3. The summed E-state index contributed by atoms with van der Waals surface area (Å²) in [7, 11) is 0. The summed E-state index contributed by atoms with van der Waals surface area (Å²) in [4.78, 5) is 10.1. The van der Waals surface area contributed by atoms with Crippen LogP contribution in [0.1, 0.15) is 13.8 Å². The maximum absolute atomic E-state index is 10.1. The number of nitrogens with two attached hydrogens (primary N) is 2. The van der Waals surface area contributed by atoms with E-state index in [1.165, 1.54) is 0 Å². The second-order valence-corrected chi connectivity index (χ2v) is 2.00. The zero-order chi connectivity index (χ0) is 7.44. The second-order valence-electron chi connectivity index (χ2n) is 2.00. The topological polar surface area (TPSA) is 78.3 Å². The third-order valence-electron chi connectivity index (χ3n) is 1.04. The first kappa shape index (κ1) is 8.23. The molecular formula is C5H12N2O2. The van der Waals surface area contributed by atoms with Crippen LogP contribution in [-0.4, -0.2) is 18.2 Å². The van der Waals surface area contributed by atoms with Crippen LogP contribution in [0.4, 0.5) is 4.79 Å². The van der Waals surface area contributed by atoms with Gasteiger partial charge in [0.15, 0.2) is 0 Å². The molecule has 4 heteroatoms. The van der Waals surface area contributed by atoms with Crippen molar-refractivity contribution in [2.45, 2.75) is 26.0 Å². The van der Waals surface area contributed by atoms with Gasteiger partial charge in [-0.15, -0.1) is 0 Å². The number of carbonyl (C=O) groups is 1. The fourth-order valence-corrected chi connectivity index (χ4v) is 0.291. The van der Waals surface area contributed by atoms with E-state index in [1.54, 1.807) is 13.8 Å². The average Bonchev–Trinajstić information content (AvgIpc) is 1.63. The number of hydrogen-bond donors (Lipinski definition) is 2. The van der Waals surface area contributed by atoms with Gasteiger partial charge in [-0.05, 0) is 13.8 Å². The predicted molar refractivity (Wildman–Crippen MR) is 33.8 cm³/mol. The lowest BCUT2D eigenvalue weighted by molar-refractivity contribution is 0.104. The van der Waals surface area contributed by atoms with Gasteiger partial charge in [-0.2, -0.15) is 0 Å². The van der Waals surface area contributed by atoms with E-state index in [0.717, 1.165) is 0 Å². The van der Waals surface area contributed by atoms with Gasteiger partial charge in [0, 0.05) is 6.04 Å². The third kappa shape index (κ3) is 3.78. The first-order valence-corrected chi connectivity index (χ1v) is 2.75. The number of carbonyl (C=O) groups excluding carboxylic acids is 1. The molecular weight excluding hydrogens is 120 g/mol. The Bertz CT molecular complexity index is 103. The fourth-order valence-electron chi connectivity index (χ4n) is 0.291. The average molecular weight is 132 g/mol. The minimum Gasteiger partial charge on any atom is -0.445 e. The monoisotopic (exact) mass is 132 g/mol. The highest BCUT2D eigenvalue weighted by molar-refractivity contribution is 5.64. The Morgan fingerprint density at radius 1 is 1.56 bits per heavy atom. The molecule has 0 aliphatic rings. The van der Waals surface area contributed by atoms with Crippen LogP contribution < -0.4 is 11.5 Å². The molecule has 4 N–H and O–H groups in total. The molecule has 0 fully saturated rings. The minimum atomic E-state index is -0.778. The molecule has 0 spiro atoms. The standard InChI is InChI=1S/C5H12N2O2/c1-3(6)4(2)9-5(7)8/h3-4H,6H2,1-2H3,(H2,7,8)/t3-,4-/m0/s1. The van der Waals surface area contributed by atoms with E-state index in [1.807, 2.05) is 0 Å². The number of primary amides is 1. The van der Waals surface area contributed by atoms with Crippen LogP contribution in [0, 0.1) is 0 Å². The zero-order valence-electron chi connectivity index (χ0n) is 5.63. The van der Waals surface area contributed by atoms with Crippen molar-refractivity contribution in [3.63, 3.8) is 0 Å². The van der Waals surface area contributed by atoms with Crippen molar-refractivity contribution in [2.75, 3.05) is 0 Å². The molecule has 9 heavy (non-hydrogen) atoms.